The van der Waals surface area contributed by atoms with Gasteiger partial charge in [-0.25, -0.2) is 0 Å². The Bertz CT molecular complexity index is 317. The number of rotatable bonds is 3. The second-order valence-electron chi connectivity index (χ2n) is 3.56. The van der Waals surface area contributed by atoms with E-state index >= 15 is 0 Å². The molecule has 1 aromatic carbocycles. The van der Waals surface area contributed by atoms with Crippen LogP contribution >= 0.6 is 0 Å². The number of hydrogen-bond acceptors (Lipinski definition) is 1. The van der Waals surface area contributed by atoms with Crippen LogP contribution in [0, 0.1) is 13.8 Å². The highest BCUT2D eigenvalue weighted by molar-refractivity contribution is 5.59. The van der Waals surface area contributed by atoms with Crippen molar-refractivity contribution in [3.63, 3.8) is 0 Å². The molecule has 0 bridgehead atoms. The van der Waals surface area contributed by atoms with E-state index in [1.807, 2.05) is 0 Å². The van der Waals surface area contributed by atoms with E-state index in [0.717, 1.165) is 6.42 Å². The van der Waals surface area contributed by atoms with Gasteiger partial charge in [-0.1, -0.05) is 31.2 Å². The van der Waals surface area contributed by atoms with Crippen molar-refractivity contribution in [2.75, 3.05) is 5.32 Å². The van der Waals surface area contributed by atoms with Crippen LogP contribution in [0.25, 0.3) is 0 Å². The van der Waals surface area contributed by atoms with Gasteiger partial charge in [0.1, 0.15) is 0 Å². The van der Waals surface area contributed by atoms with Gasteiger partial charge in [0, 0.05) is 11.4 Å². The Kier molecular flexibility index (Phi) is 3.75. The summed E-state index contributed by atoms with van der Waals surface area (Å²) in [5.41, 5.74) is 5.14. The molecule has 1 aromatic rings. The van der Waals surface area contributed by atoms with Crippen molar-refractivity contribution in [3.05, 3.63) is 41.1 Å². The molecule has 1 heteroatoms. The Morgan fingerprint density at radius 2 is 1.86 bits per heavy atom. The largest absolute Gasteiger partial charge is 0.359 e. The maximum atomic E-state index is 3.48. The Balaban J connectivity index is 2.96. The quantitative estimate of drug-likeness (QED) is 0.757. The lowest BCUT2D eigenvalue weighted by atomic mass is 10.1. The fourth-order valence-corrected chi connectivity index (χ4v) is 1.54. The van der Waals surface area contributed by atoms with Crippen molar-refractivity contribution >= 4 is 5.69 Å². The topological polar surface area (TPSA) is 12.0 Å². The fraction of sp³-hybridized carbons (Fsp3) is 0.385. The van der Waals surface area contributed by atoms with Crippen molar-refractivity contribution in [2.45, 2.75) is 34.1 Å². The number of aryl methyl sites for hydroxylation is 2. The first-order chi connectivity index (χ1) is 6.69. The van der Waals surface area contributed by atoms with Crippen LogP contribution in [0.2, 0.25) is 0 Å². The van der Waals surface area contributed by atoms with Crippen molar-refractivity contribution in [2.24, 2.45) is 0 Å². The van der Waals surface area contributed by atoms with Crippen molar-refractivity contribution in [1.82, 2.24) is 0 Å². The lowest BCUT2D eigenvalue weighted by molar-refractivity contribution is 1.09. The molecule has 0 aliphatic carbocycles. The zero-order valence-electron chi connectivity index (χ0n) is 9.52. The third kappa shape index (κ3) is 2.38. The first-order valence-electron chi connectivity index (χ1n) is 5.17. The van der Waals surface area contributed by atoms with E-state index in [1.54, 1.807) is 0 Å². The fourth-order valence-electron chi connectivity index (χ4n) is 1.54. The van der Waals surface area contributed by atoms with Crippen molar-refractivity contribution in [1.29, 1.82) is 0 Å². The highest BCUT2D eigenvalue weighted by atomic mass is 14.9. The lowest BCUT2D eigenvalue weighted by Crippen LogP contribution is -2.01. The van der Waals surface area contributed by atoms with E-state index < -0.39 is 0 Å². The van der Waals surface area contributed by atoms with Crippen molar-refractivity contribution in [3.8, 4) is 0 Å². The van der Waals surface area contributed by atoms with Crippen LogP contribution in [0.15, 0.2) is 30.0 Å². The number of benzene rings is 1. The van der Waals surface area contributed by atoms with E-state index in [0.29, 0.717) is 0 Å². The molecular weight excluding hydrogens is 170 g/mol. The van der Waals surface area contributed by atoms with Gasteiger partial charge in [-0.05, 0) is 38.3 Å². The van der Waals surface area contributed by atoms with E-state index in [1.165, 1.54) is 22.5 Å². The number of para-hydroxylation sites is 1. The summed E-state index contributed by atoms with van der Waals surface area (Å²) in [6.45, 7) is 8.51. The van der Waals surface area contributed by atoms with Crippen molar-refractivity contribution < 1.29 is 0 Å². The molecule has 14 heavy (non-hydrogen) atoms. The summed E-state index contributed by atoms with van der Waals surface area (Å²) in [5.74, 6) is 0. The molecular formula is C13H19N. The summed E-state index contributed by atoms with van der Waals surface area (Å²) in [6.07, 6.45) is 3.18. The summed E-state index contributed by atoms with van der Waals surface area (Å²) in [6, 6.07) is 6.37. The minimum atomic E-state index is 1.05. The molecule has 1 N–H and O–H groups in total. The average Bonchev–Trinajstić information content (AvgIpc) is 2.18. The van der Waals surface area contributed by atoms with Gasteiger partial charge in [0.2, 0.25) is 0 Å². The summed E-state index contributed by atoms with van der Waals surface area (Å²) in [4.78, 5) is 0. The third-order valence-electron chi connectivity index (χ3n) is 2.50. The summed E-state index contributed by atoms with van der Waals surface area (Å²) in [5, 5.41) is 3.48. The first kappa shape index (κ1) is 10.8. The zero-order chi connectivity index (χ0) is 10.6. The predicted octanol–water partition coefficient (Wildman–Crippen LogP) is 4.03. The molecule has 0 saturated carbocycles. The molecule has 0 atom stereocenters. The molecule has 0 heterocycles. The molecule has 0 aliphatic rings. The number of hydrogen-bond donors (Lipinski definition) is 1. The van der Waals surface area contributed by atoms with Crippen LogP contribution in [-0.4, -0.2) is 0 Å². The van der Waals surface area contributed by atoms with Gasteiger partial charge in [0.05, 0.1) is 0 Å². The van der Waals surface area contributed by atoms with Gasteiger partial charge in [0.25, 0.3) is 0 Å². The van der Waals surface area contributed by atoms with Gasteiger partial charge in [0.15, 0.2) is 0 Å². The number of anilines is 1. The SMILES string of the molecule is C/C=C(\CC)Nc1c(C)cccc1C. The Labute approximate surface area is 86.8 Å². The summed E-state index contributed by atoms with van der Waals surface area (Å²) < 4.78 is 0. The van der Waals surface area contributed by atoms with Gasteiger partial charge in [-0.3, -0.25) is 0 Å². The molecule has 1 nitrogen and oxygen atoms in total. The molecule has 0 fully saturated rings. The highest BCUT2D eigenvalue weighted by Crippen LogP contribution is 2.21. The molecule has 0 saturated heterocycles. The average molecular weight is 189 g/mol. The lowest BCUT2D eigenvalue weighted by Gasteiger charge is -2.14. The van der Waals surface area contributed by atoms with Crippen LogP contribution in [0.4, 0.5) is 5.69 Å². The molecule has 1 rings (SSSR count). The van der Waals surface area contributed by atoms with Crippen LogP contribution in [0.1, 0.15) is 31.4 Å². The maximum absolute atomic E-state index is 3.48. The molecule has 0 aliphatic heterocycles. The molecule has 0 amide bonds. The van der Waals surface area contributed by atoms with E-state index in [-0.39, 0.29) is 0 Å². The summed E-state index contributed by atoms with van der Waals surface area (Å²) >= 11 is 0. The number of allylic oxidation sites excluding steroid dienone is 2. The van der Waals surface area contributed by atoms with Gasteiger partial charge in [-0.15, -0.1) is 0 Å². The van der Waals surface area contributed by atoms with Crippen LogP contribution in [0.3, 0.4) is 0 Å². The molecule has 0 radical (unpaired) electrons. The van der Waals surface area contributed by atoms with E-state index in [9.17, 15) is 0 Å². The second kappa shape index (κ2) is 4.85. The minimum Gasteiger partial charge on any atom is -0.359 e. The highest BCUT2D eigenvalue weighted by Gasteiger charge is 2.01. The van der Waals surface area contributed by atoms with E-state index in [2.05, 4.69) is 57.3 Å². The smallest absolute Gasteiger partial charge is 0.0441 e. The molecule has 76 valence electrons. The Morgan fingerprint density at radius 3 is 2.29 bits per heavy atom. The van der Waals surface area contributed by atoms with Crippen LogP contribution < -0.4 is 5.32 Å². The minimum absolute atomic E-state index is 1.05. The Hall–Kier alpha value is -1.24. The monoisotopic (exact) mass is 189 g/mol. The van der Waals surface area contributed by atoms with E-state index in [4.69, 9.17) is 0 Å². The third-order valence-corrected chi connectivity index (χ3v) is 2.50. The van der Waals surface area contributed by atoms with Crippen LogP contribution in [-0.2, 0) is 0 Å². The van der Waals surface area contributed by atoms with Gasteiger partial charge < -0.3 is 5.32 Å². The zero-order valence-corrected chi connectivity index (χ0v) is 9.52. The van der Waals surface area contributed by atoms with Gasteiger partial charge in [-0.2, -0.15) is 0 Å². The maximum Gasteiger partial charge on any atom is 0.0441 e. The first-order valence-corrected chi connectivity index (χ1v) is 5.17. The molecule has 0 spiro atoms. The standard InChI is InChI=1S/C13H19N/c1-5-12(6-2)14-13-10(3)8-7-9-11(13)4/h5,7-9,14H,6H2,1-4H3/b12-5+. The Morgan fingerprint density at radius 1 is 1.29 bits per heavy atom. The predicted molar refractivity (Wildman–Crippen MR) is 63.6 cm³/mol. The number of nitrogens with one attached hydrogen (secondary N) is 1. The van der Waals surface area contributed by atoms with Crippen LogP contribution in [0.5, 0.6) is 0 Å². The second-order valence-corrected chi connectivity index (χ2v) is 3.56. The van der Waals surface area contributed by atoms with Gasteiger partial charge >= 0.3 is 0 Å². The molecule has 0 unspecified atom stereocenters. The molecule has 0 aromatic heterocycles. The summed E-state index contributed by atoms with van der Waals surface area (Å²) in [7, 11) is 0. The normalized spacial score (nSPS) is 11.6.